The largest absolute Gasteiger partial charge is 0.416 e. The number of likely N-dealkylation sites (N-methyl/N-ethyl adjacent to an activating group) is 1. The van der Waals surface area contributed by atoms with Gasteiger partial charge in [-0.3, -0.25) is 4.79 Å². The Morgan fingerprint density at radius 1 is 1.16 bits per heavy atom. The normalized spacial score (nSPS) is 16.8. The molecule has 182 valence electrons. The molecule has 0 radical (unpaired) electrons. The van der Waals surface area contributed by atoms with Gasteiger partial charge in [0.25, 0.3) is 0 Å². The SMILES string of the molecule is CCN(CCO)C(=O)CCOC1(N(C)S(=O)(=O)c2ccc(C(F)(F)F)cc2)CCCCC1. The number of ether oxygens (including phenoxy) is 1. The number of carbonyl (C=O) groups excluding carboxylic acids is 1. The van der Waals surface area contributed by atoms with E-state index in [0.29, 0.717) is 19.4 Å². The molecule has 1 aromatic rings. The summed E-state index contributed by atoms with van der Waals surface area (Å²) in [5.41, 5.74) is -2.10. The maximum atomic E-state index is 13.2. The third-order valence-corrected chi connectivity index (χ3v) is 7.76. The molecule has 0 saturated heterocycles. The van der Waals surface area contributed by atoms with Crippen molar-refractivity contribution >= 4 is 15.9 Å². The lowest BCUT2D eigenvalue weighted by atomic mass is 9.91. The van der Waals surface area contributed by atoms with Gasteiger partial charge in [0.1, 0.15) is 5.72 Å². The van der Waals surface area contributed by atoms with Crippen LogP contribution in [-0.2, 0) is 25.7 Å². The minimum absolute atomic E-state index is 0.00632. The van der Waals surface area contributed by atoms with Crippen molar-refractivity contribution in [3.05, 3.63) is 29.8 Å². The van der Waals surface area contributed by atoms with Crippen molar-refractivity contribution in [2.45, 2.75) is 62.2 Å². The summed E-state index contributed by atoms with van der Waals surface area (Å²) >= 11 is 0. The predicted octanol–water partition coefficient (Wildman–Crippen LogP) is 3.23. The number of carbonyl (C=O) groups is 1. The van der Waals surface area contributed by atoms with Crippen LogP contribution in [0.15, 0.2) is 29.2 Å². The second-order valence-electron chi connectivity index (χ2n) is 7.80. The Balaban J connectivity index is 2.19. The number of amides is 1. The van der Waals surface area contributed by atoms with Crippen molar-refractivity contribution in [2.24, 2.45) is 0 Å². The molecule has 32 heavy (non-hydrogen) atoms. The Bertz CT molecular complexity index is 853. The van der Waals surface area contributed by atoms with Gasteiger partial charge < -0.3 is 14.7 Å². The molecule has 1 amide bonds. The summed E-state index contributed by atoms with van der Waals surface area (Å²) in [6.45, 7) is 2.28. The van der Waals surface area contributed by atoms with Gasteiger partial charge in [-0.25, -0.2) is 8.42 Å². The fourth-order valence-electron chi connectivity index (χ4n) is 3.91. The van der Waals surface area contributed by atoms with Crippen LogP contribution >= 0.6 is 0 Å². The van der Waals surface area contributed by atoms with Crippen LogP contribution in [0.5, 0.6) is 0 Å². The molecule has 0 heterocycles. The number of sulfonamides is 1. The lowest BCUT2D eigenvalue weighted by Gasteiger charge is -2.43. The molecule has 2 rings (SSSR count). The summed E-state index contributed by atoms with van der Waals surface area (Å²) in [5, 5.41) is 9.06. The molecular formula is C21H31F3N2O5S. The van der Waals surface area contributed by atoms with E-state index in [1.54, 1.807) is 6.92 Å². The Morgan fingerprint density at radius 3 is 2.25 bits per heavy atom. The van der Waals surface area contributed by atoms with Crippen molar-refractivity contribution in [2.75, 3.05) is 33.4 Å². The van der Waals surface area contributed by atoms with Crippen LogP contribution in [0.25, 0.3) is 0 Å². The smallest absolute Gasteiger partial charge is 0.395 e. The Morgan fingerprint density at radius 2 is 1.75 bits per heavy atom. The Hall–Kier alpha value is -1.69. The molecule has 0 atom stereocenters. The molecule has 11 heteroatoms. The van der Waals surface area contributed by atoms with Crippen LogP contribution in [0.1, 0.15) is 51.0 Å². The summed E-state index contributed by atoms with van der Waals surface area (Å²) in [5.74, 6) is -0.208. The third kappa shape index (κ3) is 6.21. The van der Waals surface area contributed by atoms with E-state index in [9.17, 15) is 26.4 Å². The molecule has 1 fully saturated rings. The first-order chi connectivity index (χ1) is 15.0. The molecular weight excluding hydrogens is 449 g/mol. The summed E-state index contributed by atoms with van der Waals surface area (Å²) in [7, 11) is -2.76. The highest BCUT2D eigenvalue weighted by Gasteiger charge is 2.44. The highest BCUT2D eigenvalue weighted by atomic mass is 32.2. The number of nitrogens with zero attached hydrogens (tertiary/aromatic N) is 2. The van der Waals surface area contributed by atoms with Crippen molar-refractivity contribution in [3.63, 3.8) is 0 Å². The zero-order valence-electron chi connectivity index (χ0n) is 18.4. The number of alkyl halides is 3. The van der Waals surface area contributed by atoms with E-state index in [-0.39, 0.29) is 37.0 Å². The first-order valence-corrected chi connectivity index (χ1v) is 12.1. The fourth-order valence-corrected chi connectivity index (χ4v) is 5.38. The van der Waals surface area contributed by atoms with E-state index in [1.165, 1.54) is 11.9 Å². The maximum absolute atomic E-state index is 13.2. The lowest BCUT2D eigenvalue weighted by Crippen LogP contribution is -2.53. The van der Waals surface area contributed by atoms with E-state index in [1.807, 2.05) is 0 Å². The lowest BCUT2D eigenvalue weighted by molar-refractivity contribution is -0.147. The second kappa shape index (κ2) is 11.0. The molecule has 1 N–H and O–H groups in total. The average Bonchev–Trinajstić information content (AvgIpc) is 2.77. The van der Waals surface area contributed by atoms with Crippen LogP contribution in [0.4, 0.5) is 13.2 Å². The number of aliphatic hydroxyl groups excluding tert-OH is 1. The number of rotatable bonds is 10. The first kappa shape index (κ1) is 26.6. The van der Waals surface area contributed by atoms with Crippen LogP contribution in [0.2, 0.25) is 0 Å². The van der Waals surface area contributed by atoms with Crippen molar-refractivity contribution < 1.29 is 36.2 Å². The van der Waals surface area contributed by atoms with Crippen LogP contribution in [-0.4, -0.2) is 67.7 Å². The summed E-state index contributed by atoms with van der Waals surface area (Å²) < 4.78 is 72.0. The van der Waals surface area contributed by atoms with E-state index in [0.717, 1.165) is 47.8 Å². The minimum atomic E-state index is -4.56. The van der Waals surface area contributed by atoms with E-state index < -0.39 is 27.5 Å². The first-order valence-electron chi connectivity index (χ1n) is 10.7. The fraction of sp³-hybridized carbons (Fsp3) is 0.667. The Kier molecular flexibility index (Phi) is 9.09. The number of benzene rings is 1. The van der Waals surface area contributed by atoms with E-state index >= 15 is 0 Å². The molecule has 0 bridgehead atoms. The molecule has 0 aliphatic heterocycles. The highest BCUT2D eigenvalue weighted by molar-refractivity contribution is 7.89. The molecule has 1 saturated carbocycles. The topological polar surface area (TPSA) is 87.2 Å². The van der Waals surface area contributed by atoms with Gasteiger partial charge in [-0.1, -0.05) is 6.42 Å². The van der Waals surface area contributed by atoms with Gasteiger partial charge in [-0.05, 0) is 56.9 Å². The van der Waals surface area contributed by atoms with Crippen LogP contribution < -0.4 is 0 Å². The Labute approximate surface area is 187 Å². The molecule has 1 aliphatic rings. The van der Waals surface area contributed by atoms with Crippen molar-refractivity contribution in [3.8, 4) is 0 Å². The number of halogens is 3. The van der Waals surface area contributed by atoms with Crippen molar-refractivity contribution in [1.82, 2.24) is 9.21 Å². The zero-order chi connectivity index (χ0) is 24.0. The molecule has 0 unspecified atom stereocenters. The van der Waals surface area contributed by atoms with Gasteiger partial charge in [0.2, 0.25) is 15.9 Å². The standard InChI is InChI=1S/C21H31F3N2O5S/c1-3-26(14-15-27)19(28)11-16-31-20(12-5-4-6-13-20)25(2)32(29,30)18-9-7-17(8-10-18)21(22,23)24/h7-10,27H,3-6,11-16H2,1-2H3. The molecule has 1 aliphatic carbocycles. The maximum Gasteiger partial charge on any atom is 0.416 e. The van der Waals surface area contributed by atoms with Crippen LogP contribution in [0.3, 0.4) is 0 Å². The number of aliphatic hydroxyl groups is 1. The molecule has 0 spiro atoms. The second-order valence-corrected chi connectivity index (χ2v) is 9.77. The number of hydrogen-bond donors (Lipinski definition) is 1. The predicted molar refractivity (Wildman–Crippen MR) is 112 cm³/mol. The minimum Gasteiger partial charge on any atom is -0.395 e. The van der Waals surface area contributed by atoms with E-state index in [2.05, 4.69) is 0 Å². The van der Waals surface area contributed by atoms with Gasteiger partial charge in [0.15, 0.2) is 0 Å². The summed E-state index contributed by atoms with van der Waals surface area (Å²) in [4.78, 5) is 13.6. The van der Waals surface area contributed by atoms with Gasteiger partial charge in [0.05, 0.1) is 30.1 Å². The zero-order valence-corrected chi connectivity index (χ0v) is 19.2. The quantitative estimate of drug-likeness (QED) is 0.520. The molecule has 1 aromatic carbocycles. The molecule has 0 aromatic heterocycles. The van der Waals surface area contributed by atoms with Gasteiger partial charge in [-0.2, -0.15) is 17.5 Å². The monoisotopic (exact) mass is 480 g/mol. The van der Waals surface area contributed by atoms with E-state index in [4.69, 9.17) is 9.84 Å². The van der Waals surface area contributed by atoms with Gasteiger partial charge in [0, 0.05) is 20.1 Å². The highest BCUT2D eigenvalue weighted by Crippen LogP contribution is 2.38. The summed E-state index contributed by atoms with van der Waals surface area (Å²) in [6, 6.07) is 3.38. The van der Waals surface area contributed by atoms with Crippen molar-refractivity contribution in [1.29, 1.82) is 0 Å². The van der Waals surface area contributed by atoms with Gasteiger partial charge >= 0.3 is 6.18 Å². The summed E-state index contributed by atoms with van der Waals surface area (Å²) in [6.07, 6.45) is -1.31. The average molecular weight is 481 g/mol. The van der Waals surface area contributed by atoms with Crippen LogP contribution in [0, 0.1) is 0 Å². The van der Waals surface area contributed by atoms with Gasteiger partial charge in [-0.15, -0.1) is 0 Å². The molecule has 7 nitrogen and oxygen atoms in total. The third-order valence-electron chi connectivity index (χ3n) is 5.84. The number of hydrogen-bond acceptors (Lipinski definition) is 5.